The SMILES string of the molecule is CCN(CC(F)(F)F)c1c(F)cccc1C=O. The summed E-state index contributed by atoms with van der Waals surface area (Å²) in [4.78, 5) is 11.5. The van der Waals surface area contributed by atoms with Gasteiger partial charge in [-0.3, -0.25) is 4.79 Å². The molecule has 94 valence electrons. The van der Waals surface area contributed by atoms with Gasteiger partial charge in [-0.05, 0) is 19.1 Å². The highest BCUT2D eigenvalue weighted by atomic mass is 19.4. The number of nitrogens with zero attached hydrogens (tertiary/aromatic N) is 1. The summed E-state index contributed by atoms with van der Waals surface area (Å²) in [5.74, 6) is -0.833. The maximum Gasteiger partial charge on any atom is 0.405 e. The molecule has 0 aliphatic heterocycles. The lowest BCUT2D eigenvalue weighted by Gasteiger charge is -2.25. The van der Waals surface area contributed by atoms with Crippen molar-refractivity contribution in [1.82, 2.24) is 0 Å². The highest BCUT2D eigenvalue weighted by Gasteiger charge is 2.31. The molecular formula is C11H11F4NO. The molecule has 1 aromatic carbocycles. The molecule has 2 nitrogen and oxygen atoms in total. The van der Waals surface area contributed by atoms with Crippen molar-refractivity contribution in [2.24, 2.45) is 0 Å². The number of para-hydroxylation sites is 1. The van der Waals surface area contributed by atoms with E-state index in [1.165, 1.54) is 19.1 Å². The van der Waals surface area contributed by atoms with Gasteiger partial charge in [-0.2, -0.15) is 13.2 Å². The van der Waals surface area contributed by atoms with Crippen LogP contribution in [0.2, 0.25) is 0 Å². The van der Waals surface area contributed by atoms with Gasteiger partial charge in [0.1, 0.15) is 12.4 Å². The number of hydrogen-bond donors (Lipinski definition) is 0. The van der Waals surface area contributed by atoms with Crippen molar-refractivity contribution < 1.29 is 22.4 Å². The van der Waals surface area contributed by atoms with E-state index in [4.69, 9.17) is 0 Å². The molecule has 0 spiro atoms. The average Bonchev–Trinajstić information content (AvgIpc) is 2.24. The molecule has 0 aromatic heterocycles. The normalized spacial score (nSPS) is 11.4. The zero-order chi connectivity index (χ0) is 13.1. The first-order valence-electron chi connectivity index (χ1n) is 4.94. The molecule has 0 aliphatic rings. The zero-order valence-corrected chi connectivity index (χ0v) is 9.09. The van der Waals surface area contributed by atoms with Crippen LogP contribution in [-0.4, -0.2) is 25.6 Å². The molecule has 0 heterocycles. The van der Waals surface area contributed by atoms with Crippen LogP contribution in [0.4, 0.5) is 23.2 Å². The second kappa shape index (κ2) is 5.16. The van der Waals surface area contributed by atoms with E-state index >= 15 is 0 Å². The summed E-state index contributed by atoms with van der Waals surface area (Å²) in [5, 5.41) is 0. The van der Waals surface area contributed by atoms with E-state index in [-0.39, 0.29) is 17.8 Å². The lowest BCUT2D eigenvalue weighted by Crippen LogP contribution is -2.35. The third kappa shape index (κ3) is 3.44. The van der Waals surface area contributed by atoms with Gasteiger partial charge in [-0.25, -0.2) is 4.39 Å². The first-order valence-corrected chi connectivity index (χ1v) is 4.94. The van der Waals surface area contributed by atoms with Crippen molar-refractivity contribution >= 4 is 12.0 Å². The molecule has 0 saturated heterocycles. The van der Waals surface area contributed by atoms with Gasteiger partial charge >= 0.3 is 6.18 Å². The van der Waals surface area contributed by atoms with Gasteiger partial charge in [0.05, 0.1) is 5.69 Å². The van der Waals surface area contributed by atoms with Crippen molar-refractivity contribution in [3.63, 3.8) is 0 Å². The number of carbonyl (C=O) groups excluding carboxylic acids is 1. The summed E-state index contributed by atoms with van der Waals surface area (Å²) in [7, 11) is 0. The van der Waals surface area contributed by atoms with E-state index < -0.39 is 18.5 Å². The fourth-order valence-corrected chi connectivity index (χ4v) is 1.53. The molecule has 0 aliphatic carbocycles. The summed E-state index contributed by atoms with van der Waals surface area (Å²) in [6, 6.07) is 3.59. The molecule has 17 heavy (non-hydrogen) atoms. The minimum absolute atomic E-state index is 0.0404. The number of alkyl halides is 3. The molecule has 1 rings (SSSR count). The van der Waals surface area contributed by atoms with E-state index in [1.54, 1.807) is 0 Å². The third-order valence-electron chi connectivity index (χ3n) is 2.21. The van der Waals surface area contributed by atoms with E-state index in [1.807, 2.05) is 0 Å². The Kier molecular flexibility index (Phi) is 4.09. The summed E-state index contributed by atoms with van der Waals surface area (Å²) >= 11 is 0. The smallest absolute Gasteiger partial charge is 0.360 e. The van der Waals surface area contributed by atoms with Gasteiger partial charge < -0.3 is 4.90 Å². The quantitative estimate of drug-likeness (QED) is 0.604. The van der Waals surface area contributed by atoms with Gasteiger partial charge in [-0.15, -0.1) is 0 Å². The number of halogens is 4. The molecule has 0 unspecified atom stereocenters. The number of carbonyl (C=O) groups is 1. The first kappa shape index (κ1) is 13.5. The lowest BCUT2D eigenvalue weighted by atomic mass is 10.1. The summed E-state index contributed by atoms with van der Waals surface area (Å²) in [5.41, 5.74) is -0.390. The second-order valence-corrected chi connectivity index (χ2v) is 3.42. The molecule has 0 saturated carbocycles. The van der Waals surface area contributed by atoms with Gasteiger partial charge in [-0.1, -0.05) is 6.07 Å². The van der Waals surface area contributed by atoms with E-state index in [2.05, 4.69) is 0 Å². The monoisotopic (exact) mass is 249 g/mol. The van der Waals surface area contributed by atoms with Gasteiger partial charge in [0.25, 0.3) is 0 Å². The molecule has 6 heteroatoms. The van der Waals surface area contributed by atoms with Crippen LogP contribution in [0.3, 0.4) is 0 Å². The number of anilines is 1. The number of rotatable bonds is 4. The molecule has 0 atom stereocenters. The van der Waals surface area contributed by atoms with Crippen molar-refractivity contribution in [1.29, 1.82) is 0 Å². The molecule has 0 fully saturated rings. The standard InChI is InChI=1S/C11H11F4NO/c1-2-16(7-11(13,14)15)10-8(6-17)4-3-5-9(10)12/h3-6H,2,7H2,1H3. The Morgan fingerprint density at radius 1 is 1.35 bits per heavy atom. The van der Waals surface area contributed by atoms with Crippen molar-refractivity contribution in [2.45, 2.75) is 13.1 Å². The van der Waals surface area contributed by atoms with Crippen molar-refractivity contribution in [2.75, 3.05) is 18.0 Å². The topological polar surface area (TPSA) is 20.3 Å². The minimum Gasteiger partial charge on any atom is -0.360 e. The fraction of sp³-hybridized carbons (Fsp3) is 0.364. The molecule has 0 bridgehead atoms. The largest absolute Gasteiger partial charge is 0.405 e. The maximum absolute atomic E-state index is 13.5. The summed E-state index contributed by atoms with van der Waals surface area (Å²) < 4.78 is 50.4. The Balaban J connectivity index is 3.15. The van der Waals surface area contributed by atoms with Crippen LogP contribution in [0.1, 0.15) is 17.3 Å². The Bertz CT molecular complexity index is 403. The lowest BCUT2D eigenvalue weighted by molar-refractivity contribution is -0.119. The van der Waals surface area contributed by atoms with E-state index in [0.717, 1.165) is 11.0 Å². The Labute approximate surface area is 95.8 Å². The van der Waals surface area contributed by atoms with Crippen LogP contribution in [0.15, 0.2) is 18.2 Å². The number of benzene rings is 1. The van der Waals surface area contributed by atoms with Crippen molar-refractivity contribution in [3.8, 4) is 0 Å². The van der Waals surface area contributed by atoms with Gasteiger partial charge in [0, 0.05) is 12.1 Å². The Morgan fingerprint density at radius 3 is 2.47 bits per heavy atom. The van der Waals surface area contributed by atoms with Crippen molar-refractivity contribution in [3.05, 3.63) is 29.6 Å². The second-order valence-electron chi connectivity index (χ2n) is 3.42. The van der Waals surface area contributed by atoms with Crippen LogP contribution >= 0.6 is 0 Å². The van der Waals surface area contributed by atoms with Crippen LogP contribution in [-0.2, 0) is 0 Å². The fourth-order valence-electron chi connectivity index (χ4n) is 1.53. The van der Waals surface area contributed by atoms with E-state index in [9.17, 15) is 22.4 Å². The molecular weight excluding hydrogens is 238 g/mol. The predicted octanol–water partition coefficient (Wildman–Crippen LogP) is 3.03. The third-order valence-corrected chi connectivity index (χ3v) is 2.21. The zero-order valence-electron chi connectivity index (χ0n) is 9.09. The molecule has 0 radical (unpaired) electrons. The highest BCUT2D eigenvalue weighted by Crippen LogP contribution is 2.27. The number of hydrogen-bond acceptors (Lipinski definition) is 2. The predicted molar refractivity (Wildman–Crippen MR) is 55.7 cm³/mol. The summed E-state index contributed by atoms with van der Waals surface area (Å²) in [6.45, 7) is 0.138. The van der Waals surface area contributed by atoms with Crippen LogP contribution in [0.25, 0.3) is 0 Å². The van der Waals surface area contributed by atoms with Gasteiger partial charge in [0.2, 0.25) is 0 Å². The minimum atomic E-state index is -4.45. The molecule has 1 aromatic rings. The van der Waals surface area contributed by atoms with Crippen LogP contribution < -0.4 is 4.90 Å². The average molecular weight is 249 g/mol. The Hall–Kier alpha value is -1.59. The van der Waals surface area contributed by atoms with Crippen LogP contribution in [0, 0.1) is 5.82 Å². The highest BCUT2D eigenvalue weighted by molar-refractivity contribution is 5.84. The Morgan fingerprint density at radius 2 is 2.00 bits per heavy atom. The van der Waals surface area contributed by atoms with E-state index in [0.29, 0.717) is 6.29 Å². The molecule has 0 N–H and O–H groups in total. The number of aldehydes is 1. The maximum atomic E-state index is 13.5. The van der Waals surface area contributed by atoms with Gasteiger partial charge in [0.15, 0.2) is 6.29 Å². The van der Waals surface area contributed by atoms with Crippen LogP contribution in [0.5, 0.6) is 0 Å². The summed E-state index contributed by atoms with van der Waals surface area (Å²) in [6.07, 6.45) is -4.10. The molecule has 0 amide bonds. The first-order chi connectivity index (χ1) is 7.89.